The molecule has 1 atom stereocenters. The molecule has 106 valence electrons. The lowest BCUT2D eigenvalue weighted by Gasteiger charge is -2.13. The Labute approximate surface area is 124 Å². The van der Waals surface area contributed by atoms with Crippen LogP contribution >= 0.6 is 15.9 Å². The minimum absolute atomic E-state index is 0.155. The van der Waals surface area contributed by atoms with Crippen LogP contribution in [0.25, 0.3) is 0 Å². The molecule has 0 saturated heterocycles. The molecule has 0 bridgehead atoms. The van der Waals surface area contributed by atoms with E-state index < -0.39 is 11.9 Å². The van der Waals surface area contributed by atoms with Crippen LogP contribution in [0.3, 0.4) is 0 Å². The molecule has 0 amide bonds. The van der Waals surface area contributed by atoms with Gasteiger partial charge in [-0.1, -0.05) is 6.07 Å². The Balaban J connectivity index is 2.17. The average Bonchev–Trinajstić information content (AvgIpc) is 2.40. The number of benzene rings is 2. The molecule has 0 fully saturated rings. The van der Waals surface area contributed by atoms with Crippen LogP contribution in [0, 0.1) is 11.6 Å². The highest BCUT2D eigenvalue weighted by Crippen LogP contribution is 2.27. The third kappa shape index (κ3) is 3.55. The van der Waals surface area contributed by atoms with E-state index in [1.165, 1.54) is 24.3 Å². The highest BCUT2D eigenvalue weighted by Gasteiger charge is 2.11. The molecule has 2 aromatic rings. The molecule has 0 unspecified atom stereocenters. The summed E-state index contributed by atoms with van der Waals surface area (Å²) in [5.41, 5.74) is 1.24. The molecular formula is C15H13BrF2O2. The Hall–Kier alpha value is -1.46. The standard InChI is InChI=1S/C15H13BrF2O2/c1-9(19)12-4-3-11(17)7-15(12)20-8-10-2-5-14(18)13(16)6-10/h2-7,9,19H,8H2,1H3/t9-/m0/s1. The Morgan fingerprint density at radius 1 is 1.20 bits per heavy atom. The summed E-state index contributed by atoms with van der Waals surface area (Å²) in [7, 11) is 0. The Morgan fingerprint density at radius 2 is 1.95 bits per heavy atom. The van der Waals surface area contributed by atoms with E-state index in [-0.39, 0.29) is 18.2 Å². The van der Waals surface area contributed by atoms with Crippen molar-refractivity contribution in [3.05, 3.63) is 63.6 Å². The van der Waals surface area contributed by atoms with Crippen LogP contribution in [-0.2, 0) is 6.61 Å². The second-order valence-electron chi connectivity index (χ2n) is 4.40. The van der Waals surface area contributed by atoms with Gasteiger partial charge in [0.15, 0.2) is 0 Å². The lowest BCUT2D eigenvalue weighted by Crippen LogP contribution is -2.02. The third-order valence-electron chi connectivity index (χ3n) is 2.80. The van der Waals surface area contributed by atoms with Crippen molar-refractivity contribution in [3.63, 3.8) is 0 Å². The Bertz CT molecular complexity index is 615. The van der Waals surface area contributed by atoms with Crippen molar-refractivity contribution in [3.8, 4) is 5.75 Å². The van der Waals surface area contributed by atoms with Crippen molar-refractivity contribution in [2.24, 2.45) is 0 Å². The minimum atomic E-state index is -0.759. The maximum Gasteiger partial charge on any atom is 0.137 e. The second kappa shape index (κ2) is 6.33. The SMILES string of the molecule is C[C@H](O)c1ccc(F)cc1OCc1ccc(F)c(Br)c1. The van der Waals surface area contributed by atoms with Gasteiger partial charge in [0.05, 0.1) is 10.6 Å². The molecule has 2 nitrogen and oxygen atoms in total. The first kappa shape index (κ1) is 14.9. The molecular weight excluding hydrogens is 330 g/mol. The predicted molar refractivity (Wildman–Crippen MR) is 75.5 cm³/mol. The number of halogens is 3. The predicted octanol–water partition coefficient (Wildman–Crippen LogP) is 4.36. The maximum absolute atomic E-state index is 13.2. The summed E-state index contributed by atoms with van der Waals surface area (Å²) in [4.78, 5) is 0. The lowest BCUT2D eigenvalue weighted by atomic mass is 10.1. The quantitative estimate of drug-likeness (QED) is 0.894. The average molecular weight is 343 g/mol. The molecule has 0 saturated carbocycles. The van der Waals surface area contributed by atoms with E-state index in [0.29, 0.717) is 10.0 Å². The fourth-order valence-corrected chi connectivity index (χ4v) is 2.20. The van der Waals surface area contributed by atoms with Crippen molar-refractivity contribution in [2.45, 2.75) is 19.6 Å². The lowest BCUT2D eigenvalue weighted by molar-refractivity contribution is 0.190. The van der Waals surface area contributed by atoms with E-state index in [1.807, 2.05) is 0 Å². The van der Waals surface area contributed by atoms with E-state index >= 15 is 0 Å². The van der Waals surface area contributed by atoms with Crippen molar-refractivity contribution in [1.82, 2.24) is 0 Å². The molecule has 20 heavy (non-hydrogen) atoms. The summed E-state index contributed by atoms with van der Waals surface area (Å²) in [6, 6.07) is 8.47. The molecule has 0 heterocycles. The summed E-state index contributed by atoms with van der Waals surface area (Å²) in [5, 5.41) is 9.61. The highest BCUT2D eigenvalue weighted by atomic mass is 79.9. The molecule has 0 spiro atoms. The van der Waals surface area contributed by atoms with Gasteiger partial charge in [-0.05, 0) is 52.7 Å². The van der Waals surface area contributed by atoms with Crippen molar-refractivity contribution in [2.75, 3.05) is 0 Å². The van der Waals surface area contributed by atoms with E-state index in [0.717, 1.165) is 5.56 Å². The van der Waals surface area contributed by atoms with Crippen LogP contribution in [0.1, 0.15) is 24.2 Å². The molecule has 0 aliphatic rings. The van der Waals surface area contributed by atoms with Gasteiger partial charge in [0.2, 0.25) is 0 Å². The van der Waals surface area contributed by atoms with Gasteiger partial charge in [-0.25, -0.2) is 8.78 Å². The fraction of sp³-hybridized carbons (Fsp3) is 0.200. The number of aliphatic hydroxyl groups is 1. The summed E-state index contributed by atoms with van der Waals surface area (Å²) in [5.74, 6) is -0.519. The Morgan fingerprint density at radius 3 is 2.60 bits per heavy atom. The number of rotatable bonds is 4. The zero-order valence-corrected chi connectivity index (χ0v) is 12.3. The summed E-state index contributed by atoms with van der Waals surface area (Å²) >= 11 is 3.09. The molecule has 2 rings (SSSR count). The van der Waals surface area contributed by atoms with Gasteiger partial charge >= 0.3 is 0 Å². The van der Waals surface area contributed by atoms with Crippen LogP contribution < -0.4 is 4.74 Å². The Kier molecular flexibility index (Phi) is 4.73. The minimum Gasteiger partial charge on any atom is -0.488 e. The fourth-order valence-electron chi connectivity index (χ4n) is 1.77. The van der Waals surface area contributed by atoms with Gasteiger partial charge in [0, 0.05) is 11.6 Å². The first-order valence-corrected chi connectivity index (χ1v) is 6.81. The van der Waals surface area contributed by atoms with Crippen molar-refractivity contribution < 1.29 is 18.6 Å². The number of ether oxygens (including phenoxy) is 1. The van der Waals surface area contributed by atoms with Gasteiger partial charge < -0.3 is 9.84 Å². The van der Waals surface area contributed by atoms with Crippen molar-refractivity contribution in [1.29, 1.82) is 0 Å². The highest BCUT2D eigenvalue weighted by molar-refractivity contribution is 9.10. The molecule has 0 radical (unpaired) electrons. The summed E-state index contributed by atoms with van der Waals surface area (Å²) in [6.45, 7) is 1.73. The van der Waals surface area contributed by atoms with Crippen molar-refractivity contribution >= 4 is 15.9 Å². The van der Waals surface area contributed by atoms with Gasteiger partial charge in [0.1, 0.15) is 24.0 Å². The van der Waals surface area contributed by atoms with Crippen LogP contribution in [0.2, 0.25) is 0 Å². The topological polar surface area (TPSA) is 29.5 Å². The van der Waals surface area contributed by atoms with E-state index in [2.05, 4.69) is 15.9 Å². The molecule has 1 N–H and O–H groups in total. The number of hydrogen-bond acceptors (Lipinski definition) is 2. The van der Waals surface area contributed by atoms with Crippen LogP contribution in [0.15, 0.2) is 40.9 Å². The number of hydrogen-bond donors (Lipinski definition) is 1. The molecule has 5 heteroatoms. The normalized spacial score (nSPS) is 12.2. The van der Waals surface area contributed by atoms with E-state index in [4.69, 9.17) is 4.74 Å². The molecule has 2 aromatic carbocycles. The molecule has 0 aliphatic carbocycles. The molecule has 0 aromatic heterocycles. The first-order chi connectivity index (χ1) is 9.47. The first-order valence-electron chi connectivity index (χ1n) is 6.01. The third-order valence-corrected chi connectivity index (χ3v) is 3.41. The zero-order chi connectivity index (χ0) is 14.7. The van der Waals surface area contributed by atoms with Crippen LogP contribution in [0.4, 0.5) is 8.78 Å². The van der Waals surface area contributed by atoms with Crippen LogP contribution in [-0.4, -0.2) is 5.11 Å². The largest absolute Gasteiger partial charge is 0.488 e. The van der Waals surface area contributed by atoms with Gasteiger partial charge in [-0.15, -0.1) is 0 Å². The summed E-state index contributed by atoms with van der Waals surface area (Å²) < 4.78 is 32.2. The van der Waals surface area contributed by atoms with E-state index in [1.54, 1.807) is 19.1 Å². The second-order valence-corrected chi connectivity index (χ2v) is 5.25. The van der Waals surface area contributed by atoms with Gasteiger partial charge in [-0.3, -0.25) is 0 Å². The monoisotopic (exact) mass is 342 g/mol. The van der Waals surface area contributed by atoms with Gasteiger partial charge in [0.25, 0.3) is 0 Å². The zero-order valence-electron chi connectivity index (χ0n) is 10.7. The smallest absolute Gasteiger partial charge is 0.137 e. The van der Waals surface area contributed by atoms with Gasteiger partial charge in [-0.2, -0.15) is 0 Å². The van der Waals surface area contributed by atoms with E-state index in [9.17, 15) is 13.9 Å². The number of aliphatic hydroxyl groups excluding tert-OH is 1. The summed E-state index contributed by atoms with van der Waals surface area (Å²) in [6.07, 6.45) is -0.759. The van der Waals surface area contributed by atoms with Crippen LogP contribution in [0.5, 0.6) is 5.75 Å². The maximum atomic E-state index is 13.2. The molecule has 0 aliphatic heterocycles.